The van der Waals surface area contributed by atoms with Gasteiger partial charge < -0.3 is 4.74 Å². The summed E-state index contributed by atoms with van der Waals surface area (Å²) in [6, 6.07) is 3.12. The summed E-state index contributed by atoms with van der Waals surface area (Å²) >= 11 is 0. The average molecular weight is 269 g/mol. The third-order valence-corrected chi connectivity index (χ3v) is 3.78. The van der Waals surface area contributed by atoms with Gasteiger partial charge in [-0.3, -0.25) is 0 Å². The molecular formula is C13H19NO3S. The first-order valence-electron chi connectivity index (χ1n) is 5.62. The summed E-state index contributed by atoms with van der Waals surface area (Å²) in [5.74, 6) is 0.678. The van der Waals surface area contributed by atoms with E-state index in [0.29, 0.717) is 17.9 Å². The Morgan fingerprint density at radius 2 is 1.89 bits per heavy atom. The second-order valence-corrected chi connectivity index (χ2v) is 5.98. The summed E-state index contributed by atoms with van der Waals surface area (Å²) in [5.41, 5.74) is 2.60. The number of sulfonamides is 1. The lowest BCUT2D eigenvalue weighted by molar-refractivity contribution is 0.358. The van der Waals surface area contributed by atoms with Crippen LogP contribution in [0, 0.1) is 13.8 Å². The lowest BCUT2D eigenvalue weighted by Gasteiger charge is -2.12. The largest absolute Gasteiger partial charge is 0.489 e. The lowest BCUT2D eigenvalue weighted by Crippen LogP contribution is -2.14. The third kappa shape index (κ3) is 3.58. The van der Waals surface area contributed by atoms with Crippen LogP contribution in [0.3, 0.4) is 0 Å². The number of benzene rings is 1. The zero-order valence-corrected chi connectivity index (χ0v) is 12.0. The Bertz CT molecular complexity index is 570. The molecular weight excluding hydrogens is 250 g/mol. The maximum absolute atomic E-state index is 11.3. The van der Waals surface area contributed by atoms with Crippen molar-refractivity contribution >= 4 is 10.0 Å². The van der Waals surface area contributed by atoms with Gasteiger partial charge in [0.1, 0.15) is 12.4 Å². The fraction of sp³-hybridized carbons (Fsp3) is 0.385. The predicted octanol–water partition coefficient (Wildman–Crippen LogP) is 2.30. The van der Waals surface area contributed by atoms with Gasteiger partial charge in [-0.1, -0.05) is 5.57 Å². The maximum atomic E-state index is 11.3. The molecule has 0 aliphatic heterocycles. The van der Waals surface area contributed by atoms with Crippen LogP contribution in [0.4, 0.5) is 0 Å². The second-order valence-electron chi connectivity index (χ2n) is 4.45. The van der Waals surface area contributed by atoms with E-state index in [1.54, 1.807) is 13.0 Å². The van der Waals surface area contributed by atoms with Crippen molar-refractivity contribution in [2.45, 2.75) is 32.6 Å². The molecule has 0 unspecified atom stereocenters. The van der Waals surface area contributed by atoms with Crippen molar-refractivity contribution in [3.8, 4) is 5.75 Å². The van der Waals surface area contributed by atoms with Gasteiger partial charge in [0, 0.05) is 0 Å². The molecule has 0 aliphatic carbocycles. The fourth-order valence-electron chi connectivity index (χ4n) is 1.53. The highest BCUT2D eigenvalue weighted by Gasteiger charge is 2.15. The molecule has 0 amide bonds. The van der Waals surface area contributed by atoms with Crippen molar-refractivity contribution in [1.82, 2.24) is 0 Å². The highest BCUT2D eigenvalue weighted by Crippen LogP contribution is 2.26. The van der Waals surface area contributed by atoms with E-state index in [1.807, 2.05) is 26.8 Å². The van der Waals surface area contributed by atoms with E-state index in [4.69, 9.17) is 9.88 Å². The molecule has 0 spiro atoms. The van der Waals surface area contributed by atoms with Crippen molar-refractivity contribution in [2.75, 3.05) is 6.61 Å². The highest BCUT2D eigenvalue weighted by molar-refractivity contribution is 7.89. The highest BCUT2D eigenvalue weighted by atomic mass is 32.2. The van der Waals surface area contributed by atoms with E-state index >= 15 is 0 Å². The third-order valence-electron chi connectivity index (χ3n) is 2.72. The number of hydrogen-bond donors (Lipinski definition) is 1. The molecule has 4 nitrogen and oxygen atoms in total. The van der Waals surface area contributed by atoms with Crippen LogP contribution in [0.2, 0.25) is 0 Å². The molecule has 0 heterocycles. The van der Waals surface area contributed by atoms with Crippen molar-refractivity contribution in [3.63, 3.8) is 0 Å². The van der Waals surface area contributed by atoms with Gasteiger partial charge in [-0.2, -0.15) is 0 Å². The molecule has 0 aliphatic rings. The first-order valence-corrected chi connectivity index (χ1v) is 7.17. The Balaban J connectivity index is 3.06. The molecule has 0 aromatic heterocycles. The molecule has 1 aromatic carbocycles. The molecule has 1 rings (SSSR count). The Kier molecular flexibility index (Phi) is 4.53. The van der Waals surface area contributed by atoms with Gasteiger partial charge in [0.05, 0.1) is 4.90 Å². The smallest absolute Gasteiger partial charge is 0.238 e. The van der Waals surface area contributed by atoms with Gasteiger partial charge in [-0.25, -0.2) is 13.6 Å². The van der Waals surface area contributed by atoms with E-state index < -0.39 is 10.0 Å². The minimum atomic E-state index is -3.67. The zero-order chi connectivity index (χ0) is 13.9. The Morgan fingerprint density at radius 1 is 1.28 bits per heavy atom. The van der Waals surface area contributed by atoms with E-state index in [2.05, 4.69) is 0 Å². The molecule has 5 heteroatoms. The van der Waals surface area contributed by atoms with E-state index in [9.17, 15) is 8.42 Å². The number of ether oxygens (including phenoxy) is 1. The average Bonchev–Trinajstić information content (AvgIpc) is 2.22. The first-order chi connectivity index (χ1) is 8.23. The molecule has 0 bridgehead atoms. The maximum Gasteiger partial charge on any atom is 0.238 e. The zero-order valence-electron chi connectivity index (χ0n) is 11.1. The normalized spacial score (nSPS) is 11.2. The summed E-state index contributed by atoms with van der Waals surface area (Å²) in [6.07, 6.45) is 1.96. The lowest BCUT2D eigenvalue weighted by atomic mass is 10.1. The Labute approximate surface area is 109 Å². The molecule has 0 saturated heterocycles. The minimum absolute atomic E-state index is 0.148. The number of nitrogens with two attached hydrogens (primary N) is 1. The van der Waals surface area contributed by atoms with Crippen molar-refractivity contribution in [2.24, 2.45) is 5.14 Å². The standard InChI is InChI=1S/C13H19NO3S/c1-9(2)7-8-17-12-5-6-13(18(14,15)16)11(4)10(12)3/h5-7H,8H2,1-4H3,(H2,14,15,16). The molecule has 100 valence electrons. The van der Waals surface area contributed by atoms with Crippen LogP contribution in [0.15, 0.2) is 28.7 Å². The monoisotopic (exact) mass is 269 g/mol. The summed E-state index contributed by atoms with van der Waals surface area (Å²) < 4.78 is 28.3. The van der Waals surface area contributed by atoms with Crippen molar-refractivity contribution in [3.05, 3.63) is 34.9 Å². The summed E-state index contributed by atoms with van der Waals surface area (Å²) in [5, 5.41) is 5.14. The van der Waals surface area contributed by atoms with Crippen molar-refractivity contribution < 1.29 is 13.2 Å². The van der Waals surface area contributed by atoms with Crippen LogP contribution < -0.4 is 9.88 Å². The first kappa shape index (κ1) is 14.7. The van der Waals surface area contributed by atoms with Crippen LogP contribution in [0.25, 0.3) is 0 Å². The van der Waals surface area contributed by atoms with Crippen LogP contribution in [0.1, 0.15) is 25.0 Å². The van der Waals surface area contributed by atoms with E-state index in [0.717, 1.165) is 5.56 Å². The second kappa shape index (κ2) is 5.54. The Hall–Kier alpha value is -1.33. The molecule has 1 aromatic rings. The SMILES string of the molecule is CC(C)=CCOc1ccc(S(N)(=O)=O)c(C)c1C. The van der Waals surface area contributed by atoms with E-state index in [1.165, 1.54) is 11.6 Å². The quantitative estimate of drug-likeness (QED) is 0.853. The van der Waals surface area contributed by atoms with Gasteiger partial charge >= 0.3 is 0 Å². The van der Waals surface area contributed by atoms with Gasteiger partial charge in [-0.05, 0) is 57.0 Å². The molecule has 0 radical (unpaired) electrons. The van der Waals surface area contributed by atoms with Crippen LogP contribution in [-0.2, 0) is 10.0 Å². The van der Waals surface area contributed by atoms with Gasteiger partial charge in [-0.15, -0.1) is 0 Å². The predicted molar refractivity (Wildman–Crippen MR) is 72.2 cm³/mol. The van der Waals surface area contributed by atoms with Gasteiger partial charge in [0.2, 0.25) is 10.0 Å². The molecule has 18 heavy (non-hydrogen) atoms. The van der Waals surface area contributed by atoms with Crippen molar-refractivity contribution in [1.29, 1.82) is 0 Å². The van der Waals surface area contributed by atoms with Crippen LogP contribution in [0.5, 0.6) is 5.75 Å². The molecule has 2 N–H and O–H groups in total. The van der Waals surface area contributed by atoms with Crippen LogP contribution >= 0.6 is 0 Å². The van der Waals surface area contributed by atoms with Crippen LogP contribution in [-0.4, -0.2) is 15.0 Å². The Morgan fingerprint density at radius 3 is 2.39 bits per heavy atom. The fourth-order valence-corrected chi connectivity index (χ4v) is 2.37. The number of allylic oxidation sites excluding steroid dienone is 1. The molecule has 0 fully saturated rings. The summed E-state index contributed by atoms with van der Waals surface area (Å²) in [7, 11) is -3.67. The number of primary sulfonamides is 1. The van der Waals surface area contributed by atoms with E-state index in [-0.39, 0.29) is 4.90 Å². The minimum Gasteiger partial charge on any atom is -0.489 e. The summed E-state index contributed by atoms with van der Waals surface area (Å²) in [6.45, 7) is 8.00. The number of hydrogen-bond acceptors (Lipinski definition) is 3. The summed E-state index contributed by atoms with van der Waals surface area (Å²) in [4.78, 5) is 0.148. The number of rotatable bonds is 4. The van der Waals surface area contributed by atoms with Gasteiger partial charge in [0.25, 0.3) is 0 Å². The molecule has 0 saturated carbocycles. The van der Waals surface area contributed by atoms with Gasteiger partial charge in [0.15, 0.2) is 0 Å². The molecule has 0 atom stereocenters. The topological polar surface area (TPSA) is 69.4 Å².